The van der Waals surface area contributed by atoms with E-state index in [2.05, 4.69) is 47.6 Å². The number of hydrogen-bond acceptors (Lipinski definition) is 5. The second-order valence-corrected chi connectivity index (χ2v) is 8.23. The van der Waals surface area contributed by atoms with E-state index in [1.165, 1.54) is 23.7 Å². The molecule has 2 fully saturated rings. The van der Waals surface area contributed by atoms with Gasteiger partial charge in [0.2, 0.25) is 5.91 Å². The fourth-order valence-corrected chi connectivity index (χ4v) is 4.26. The summed E-state index contributed by atoms with van der Waals surface area (Å²) in [5, 5.41) is 13.7. The third-order valence-corrected chi connectivity index (χ3v) is 6.15. The van der Waals surface area contributed by atoms with E-state index in [-0.39, 0.29) is 5.91 Å². The fourth-order valence-electron chi connectivity index (χ4n) is 3.84. The summed E-state index contributed by atoms with van der Waals surface area (Å²) < 4.78 is 1.68. The molecule has 1 atom stereocenters. The van der Waals surface area contributed by atoms with Crippen LogP contribution < -0.4 is 10.2 Å². The first-order chi connectivity index (χ1) is 13.7. The molecule has 0 spiro atoms. The number of nitrogens with zero attached hydrogens (tertiary/aromatic N) is 6. The number of hydrogen-bond donors (Lipinski definition) is 0. The molecule has 2 aliphatic rings. The number of aromatic nitrogens is 4. The molecule has 1 aliphatic heterocycles. The van der Waals surface area contributed by atoms with E-state index in [1.807, 2.05) is 17.0 Å². The van der Waals surface area contributed by atoms with Crippen LogP contribution in [0.2, 0.25) is 0 Å². The van der Waals surface area contributed by atoms with Crippen molar-refractivity contribution in [3.05, 3.63) is 47.8 Å². The molecule has 1 aromatic carbocycles. The molecule has 144 valence electrons. The Morgan fingerprint density at radius 1 is 1.11 bits per heavy atom. The van der Waals surface area contributed by atoms with Crippen LogP contribution in [0.25, 0.3) is 5.65 Å². The summed E-state index contributed by atoms with van der Waals surface area (Å²) in [4.78, 5) is 17.0. The minimum atomic E-state index is 0.208. The van der Waals surface area contributed by atoms with Gasteiger partial charge in [0.15, 0.2) is 5.65 Å². The van der Waals surface area contributed by atoms with E-state index >= 15 is 0 Å². The lowest BCUT2D eigenvalue weighted by molar-refractivity contribution is -0.130. The van der Waals surface area contributed by atoms with Gasteiger partial charge < -0.3 is 9.80 Å². The Morgan fingerprint density at radius 2 is 1.93 bits per heavy atom. The third kappa shape index (κ3) is 3.47. The van der Waals surface area contributed by atoms with Gasteiger partial charge in [0, 0.05) is 26.2 Å². The molecular weight excluding hydrogens is 371 g/mol. The maximum Gasteiger partial charge on any atom is 0.227 e. The van der Waals surface area contributed by atoms with Crippen molar-refractivity contribution in [2.24, 2.45) is 0 Å². The van der Waals surface area contributed by atoms with Gasteiger partial charge in [-0.1, -0.05) is 18.2 Å². The van der Waals surface area contributed by atoms with Crippen LogP contribution in [0, 0.1) is 0 Å². The first kappa shape index (κ1) is 17.6. The van der Waals surface area contributed by atoms with E-state index in [1.54, 1.807) is 10.8 Å². The minimum absolute atomic E-state index is 0.208. The smallest absolute Gasteiger partial charge is 0.227 e. The highest BCUT2D eigenvalue weighted by Gasteiger charge is 2.26. The Morgan fingerprint density at radius 3 is 2.71 bits per heavy atom. The lowest BCUT2D eigenvalue weighted by atomic mass is 10.0. The number of carbonyl (C=O) groups excluding carboxylic acids is 1. The number of benzene rings is 1. The molecule has 7 nitrogen and oxygen atoms in total. The molecular formula is C20H23N6OP. The zero-order chi connectivity index (χ0) is 19.1. The predicted molar refractivity (Wildman–Crippen MR) is 111 cm³/mol. The van der Waals surface area contributed by atoms with Gasteiger partial charge >= 0.3 is 0 Å². The molecule has 8 heteroatoms. The normalized spacial score (nSPS) is 17.3. The molecule has 0 N–H and O–H groups in total. The highest BCUT2D eigenvalue weighted by molar-refractivity contribution is 7.27. The highest BCUT2D eigenvalue weighted by atomic mass is 31.0. The molecule has 3 heterocycles. The number of carbonyl (C=O) groups is 1. The molecule has 28 heavy (non-hydrogen) atoms. The summed E-state index contributed by atoms with van der Waals surface area (Å²) in [6.07, 6.45) is 4.63. The van der Waals surface area contributed by atoms with Gasteiger partial charge in [-0.25, -0.2) is 0 Å². The lowest BCUT2D eigenvalue weighted by Crippen LogP contribution is -2.49. The Kier molecular flexibility index (Phi) is 4.47. The van der Waals surface area contributed by atoms with Gasteiger partial charge in [0.25, 0.3) is 0 Å². The average molecular weight is 394 g/mol. The topological polar surface area (TPSA) is 66.6 Å². The van der Waals surface area contributed by atoms with Crippen molar-refractivity contribution in [1.29, 1.82) is 0 Å². The standard InChI is InChI=1S/C20H23N6OP/c27-20(12-14-1-4-17(28)16(11-14)15-2-3-15)25-9-7-24(8-10-25)19-6-5-18-22-21-13-26(18)23-19/h1,4-6,11,13,15H,2-3,7-10,12,28H2. The van der Waals surface area contributed by atoms with E-state index in [9.17, 15) is 4.79 Å². The summed E-state index contributed by atoms with van der Waals surface area (Å²) in [6.45, 7) is 3.00. The maximum absolute atomic E-state index is 12.8. The largest absolute Gasteiger partial charge is 0.352 e. The Labute approximate surface area is 165 Å². The third-order valence-electron chi connectivity index (χ3n) is 5.63. The van der Waals surface area contributed by atoms with Crippen LogP contribution in [0.4, 0.5) is 5.82 Å². The molecule has 3 aromatic rings. The number of anilines is 1. The van der Waals surface area contributed by atoms with Gasteiger partial charge in [-0.3, -0.25) is 4.79 Å². The van der Waals surface area contributed by atoms with Gasteiger partial charge in [0.05, 0.1) is 6.42 Å². The second-order valence-electron chi connectivity index (χ2n) is 7.61. The molecule has 1 saturated heterocycles. The second kappa shape index (κ2) is 7.13. The summed E-state index contributed by atoms with van der Waals surface area (Å²) in [5.74, 6) is 1.80. The maximum atomic E-state index is 12.8. The van der Waals surface area contributed by atoms with E-state index in [4.69, 9.17) is 0 Å². The lowest BCUT2D eigenvalue weighted by Gasteiger charge is -2.35. The Hall–Kier alpha value is -2.53. The molecule has 1 aliphatic carbocycles. The van der Waals surface area contributed by atoms with Gasteiger partial charge in [-0.05, 0) is 47.3 Å². The van der Waals surface area contributed by atoms with E-state index in [0.717, 1.165) is 43.2 Å². The molecule has 2 aromatic heterocycles. The van der Waals surface area contributed by atoms with Crippen LogP contribution in [0.3, 0.4) is 0 Å². The minimum Gasteiger partial charge on any atom is -0.352 e. The fraction of sp³-hybridized carbons (Fsp3) is 0.400. The first-order valence-corrected chi connectivity index (χ1v) is 10.3. The summed E-state index contributed by atoms with van der Waals surface area (Å²) in [5.41, 5.74) is 3.26. The van der Waals surface area contributed by atoms with Crippen molar-refractivity contribution in [3.63, 3.8) is 0 Å². The predicted octanol–water partition coefficient (Wildman–Crippen LogP) is 1.39. The van der Waals surface area contributed by atoms with Gasteiger partial charge in [0.1, 0.15) is 12.1 Å². The van der Waals surface area contributed by atoms with E-state index < -0.39 is 0 Å². The molecule has 0 radical (unpaired) electrons. The number of piperazine rings is 1. The number of rotatable bonds is 4. The van der Waals surface area contributed by atoms with Crippen LogP contribution in [-0.4, -0.2) is 56.8 Å². The highest BCUT2D eigenvalue weighted by Crippen LogP contribution is 2.40. The van der Waals surface area contributed by atoms with Crippen molar-refractivity contribution >= 4 is 31.9 Å². The van der Waals surface area contributed by atoms with Crippen molar-refractivity contribution in [2.75, 3.05) is 31.1 Å². The Bertz CT molecular complexity index is 1020. The molecule has 5 rings (SSSR count). The average Bonchev–Trinajstić information content (AvgIpc) is 3.46. The first-order valence-electron chi connectivity index (χ1n) is 9.75. The van der Waals surface area contributed by atoms with Crippen LogP contribution >= 0.6 is 9.24 Å². The summed E-state index contributed by atoms with van der Waals surface area (Å²) >= 11 is 0. The molecule has 0 bridgehead atoms. The molecule has 1 saturated carbocycles. The molecule has 1 amide bonds. The summed E-state index contributed by atoms with van der Waals surface area (Å²) in [6, 6.07) is 10.3. The van der Waals surface area contributed by atoms with Gasteiger partial charge in [-0.15, -0.1) is 24.5 Å². The van der Waals surface area contributed by atoms with Crippen molar-refractivity contribution < 1.29 is 4.79 Å². The Balaban J connectivity index is 1.21. The van der Waals surface area contributed by atoms with Gasteiger partial charge in [-0.2, -0.15) is 4.52 Å². The monoisotopic (exact) mass is 394 g/mol. The summed E-state index contributed by atoms with van der Waals surface area (Å²) in [7, 11) is 2.82. The van der Waals surface area contributed by atoms with Crippen molar-refractivity contribution in [3.8, 4) is 0 Å². The van der Waals surface area contributed by atoms with Crippen LogP contribution in [-0.2, 0) is 11.2 Å². The van der Waals surface area contributed by atoms with E-state index in [0.29, 0.717) is 12.3 Å². The van der Waals surface area contributed by atoms with Crippen molar-refractivity contribution in [2.45, 2.75) is 25.2 Å². The molecule has 1 unspecified atom stereocenters. The SMILES string of the molecule is O=C(Cc1ccc(P)c(C2CC2)c1)N1CCN(c2ccc3nncn3n2)CC1. The number of fused-ring (bicyclic) bond motifs is 1. The van der Waals surface area contributed by atoms with Crippen LogP contribution in [0.15, 0.2) is 36.7 Å². The zero-order valence-corrected chi connectivity index (χ0v) is 16.8. The van der Waals surface area contributed by atoms with Crippen molar-refractivity contribution in [1.82, 2.24) is 24.7 Å². The van der Waals surface area contributed by atoms with Crippen LogP contribution in [0.1, 0.15) is 29.9 Å². The zero-order valence-electron chi connectivity index (χ0n) is 15.7. The van der Waals surface area contributed by atoms with Crippen LogP contribution in [0.5, 0.6) is 0 Å². The number of amides is 1. The quantitative estimate of drug-likeness (QED) is 0.626.